The first-order chi connectivity index (χ1) is 13.1. The normalized spacial score (nSPS) is 11.2. The highest BCUT2D eigenvalue weighted by atomic mass is 16.5. The number of methoxy groups -OCH3 is 2. The van der Waals surface area contributed by atoms with E-state index in [2.05, 4.69) is 5.94 Å². The fourth-order valence-electron chi connectivity index (χ4n) is 3.03. The monoisotopic (exact) mass is 368 g/mol. The molecule has 0 saturated heterocycles. The summed E-state index contributed by atoms with van der Waals surface area (Å²) in [6, 6.07) is 14.7. The molecule has 5 nitrogen and oxygen atoms in total. The zero-order valence-corrected chi connectivity index (χ0v) is 15.9. The van der Waals surface area contributed by atoms with Gasteiger partial charge in [-0.1, -0.05) is 30.3 Å². The third-order valence-corrected chi connectivity index (χ3v) is 4.30. The van der Waals surface area contributed by atoms with E-state index >= 15 is 0 Å². The molecule has 2 rings (SSSR count). The number of rotatable bonds is 9. The standard InChI is InChI=1S/C22H24O5/c1-4-27-22(24)13-12-18(19-10-5-6-11-21(19)26-3)20(15-23)16-8-7-9-17(14-16)25-2/h5-11,14,18H,4,12-13H2,1-3H3. The van der Waals surface area contributed by atoms with Gasteiger partial charge < -0.3 is 14.2 Å². The molecule has 142 valence electrons. The summed E-state index contributed by atoms with van der Waals surface area (Å²) >= 11 is 0. The Morgan fingerprint density at radius 3 is 2.52 bits per heavy atom. The summed E-state index contributed by atoms with van der Waals surface area (Å²) in [5.74, 6) is 2.71. The summed E-state index contributed by atoms with van der Waals surface area (Å²) in [4.78, 5) is 23.8. The number of allylic oxidation sites excluding steroid dienone is 1. The summed E-state index contributed by atoms with van der Waals surface area (Å²) in [6.07, 6.45) is 0.590. The Hall–Kier alpha value is -3.04. The molecule has 0 bridgehead atoms. The van der Waals surface area contributed by atoms with Gasteiger partial charge in [0.1, 0.15) is 17.4 Å². The second-order valence-corrected chi connectivity index (χ2v) is 5.89. The molecule has 27 heavy (non-hydrogen) atoms. The Morgan fingerprint density at radius 2 is 1.85 bits per heavy atom. The smallest absolute Gasteiger partial charge is 0.305 e. The van der Waals surface area contributed by atoms with Crippen LogP contribution in [0.5, 0.6) is 11.5 Å². The first-order valence-corrected chi connectivity index (χ1v) is 8.82. The van der Waals surface area contributed by atoms with Crippen LogP contribution in [-0.4, -0.2) is 32.7 Å². The van der Waals surface area contributed by atoms with Crippen LogP contribution < -0.4 is 9.47 Å². The number of ether oxygens (including phenoxy) is 3. The number of benzene rings is 2. The first-order valence-electron chi connectivity index (χ1n) is 8.82. The molecule has 0 saturated carbocycles. The molecular weight excluding hydrogens is 344 g/mol. The van der Waals surface area contributed by atoms with E-state index in [1.165, 1.54) is 0 Å². The maximum absolute atomic E-state index is 11.9. The van der Waals surface area contributed by atoms with Crippen molar-refractivity contribution in [3.63, 3.8) is 0 Å². The molecule has 0 amide bonds. The second kappa shape index (κ2) is 10.2. The Balaban J connectivity index is 2.46. The molecule has 2 aromatic rings. The topological polar surface area (TPSA) is 61.8 Å². The van der Waals surface area contributed by atoms with E-state index in [-0.39, 0.29) is 18.3 Å². The summed E-state index contributed by atoms with van der Waals surface area (Å²) < 4.78 is 15.8. The minimum atomic E-state index is -0.366. The number of hydrogen-bond donors (Lipinski definition) is 0. The fourth-order valence-corrected chi connectivity index (χ4v) is 3.03. The Labute approximate surface area is 159 Å². The van der Waals surface area contributed by atoms with E-state index in [0.29, 0.717) is 35.7 Å². The van der Waals surface area contributed by atoms with Crippen molar-refractivity contribution < 1.29 is 23.8 Å². The lowest BCUT2D eigenvalue weighted by molar-refractivity contribution is -0.143. The number of para-hydroxylation sites is 1. The molecular formula is C22H24O5. The predicted molar refractivity (Wildman–Crippen MR) is 104 cm³/mol. The minimum absolute atomic E-state index is 0.186. The van der Waals surface area contributed by atoms with E-state index in [1.807, 2.05) is 42.5 Å². The van der Waals surface area contributed by atoms with E-state index in [1.54, 1.807) is 27.2 Å². The van der Waals surface area contributed by atoms with Crippen LogP contribution in [0.3, 0.4) is 0 Å². The van der Waals surface area contributed by atoms with Crippen LogP contribution in [0.4, 0.5) is 0 Å². The molecule has 0 heterocycles. The third kappa shape index (κ3) is 5.22. The molecule has 0 aromatic heterocycles. The molecule has 5 heteroatoms. The van der Waals surface area contributed by atoms with Crippen LogP contribution in [0.1, 0.15) is 36.8 Å². The van der Waals surface area contributed by atoms with Crippen molar-refractivity contribution in [2.45, 2.75) is 25.7 Å². The van der Waals surface area contributed by atoms with E-state index in [0.717, 1.165) is 5.56 Å². The molecule has 0 aliphatic rings. The third-order valence-electron chi connectivity index (χ3n) is 4.30. The number of hydrogen-bond acceptors (Lipinski definition) is 5. The van der Waals surface area contributed by atoms with Gasteiger partial charge in [-0.15, -0.1) is 0 Å². The van der Waals surface area contributed by atoms with E-state index in [9.17, 15) is 9.59 Å². The molecule has 1 unspecified atom stereocenters. The predicted octanol–water partition coefficient (Wildman–Crippen LogP) is 4.05. The van der Waals surface area contributed by atoms with Crippen molar-refractivity contribution in [2.75, 3.05) is 20.8 Å². The molecule has 0 aliphatic carbocycles. The van der Waals surface area contributed by atoms with Gasteiger partial charge in [0.2, 0.25) is 0 Å². The highest BCUT2D eigenvalue weighted by Crippen LogP contribution is 2.39. The van der Waals surface area contributed by atoms with Crippen LogP contribution in [0.25, 0.3) is 5.57 Å². The van der Waals surface area contributed by atoms with Gasteiger partial charge in [-0.2, -0.15) is 0 Å². The van der Waals surface area contributed by atoms with Crippen molar-refractivity contribution in [3.8, 4) is 11.5 Å². The fraction of sp³-hybridized carbons (Fsp3) is 0.318. The van der Waals surface area contributed by atoms with Crippen molar-refractivity contribution >= 4 is 17.5 Å². The molecule has 2 aromatic carbocycles. The van der Waals surface area contributed by atoms with Gasteiger partial charge in [0.15, 0.2) is 0 Å². The Bertz CT molecular complexity index is 821. The van der Waals surface area contributed by atoms with Gasteiger partial charge in [-0.25, -0.2) is 4.79 Å². The van der Waals surface area contributed by atoms with Gasteiger partial charge in [-0.3, -0.25) is 4.79 Å². The highest BCUT2D eigenvalue weighted by molar-refractivity contribution is 5.92. The number of carbonyl (C=O) groups is 1. The van der Waals surface area contributed by atoms with Crippen molar-refractivity contribution in [1.82, 2.24) is 0 Å². The molecule has 1 atom stereocenters. The molecule has 0 N–H and O–H groups in total. The van der Waals surface area contributed by atoms with Crippen molar-refractivity contribution in [2.24, 2.45) is 0 Å². The Kier molecular flexibility index (Phi) is 7.65. The largest absolute Gasteiger partial charge is 0.497 e. The molecule has 0 aliphatic heterocycles. The summed E-state index contributed by atoms with van der Waals surface area (Å²) in [5, 5.41) is 0. The second-order valence-electron chi connectivity index (χ2n) is 5.89. The van der Waals surface area contributed by atoms with E-state index in [4.69, 9.17) is 14.2 Å². The van der Waals surface area contributed by atoms with Crippen LogP contribution in [0.2, 0.25) is 0 Å². The average Bonchev–Trinajstić information content (AvgIpc) is 2.71. The molecule has 0 radical (unpaired) electrons. The zero-order valence-electron chi connectivity index (χ0n) is 15.9. The lowest BCUT2D eigenvalue weighted by Crippen LogP contribution is -2.10. The SMILES string of the molecule is CCOC(=O)CCC(C(=C=O)c1cccc(OC)c1)c1ccccc1OC. The van der Waals surface area contributed by atoms with Gasteiger partial charge in [0, 0.05) is 17.9 Å². The zero-order chi connectivity index (χ0) is 19.6. The first kappa shape index (κ1) is 20.3. The summed E-state index contributed by atoms with van der Waals surface area (Å²) in [5.41, 5.74) is 1.97. The van der Waals surface area contributed by atoms with Crippen LogP contribution in [0.15, 0.2) is 48.5 Å². The van der Waals surface area contributed by atoms with E-state index < -0.39 is 0 Å². The van der Waals surface area contributed by atoms with Crippen molar-refractivity contribution in [1.29, 1.82) is 0 Å². The van der Waals surface area contributed by atoms with Crippen LogP contribution in [0, 0.1) is 0 Å². The maximum Gasteiger partial charge on any atom is 0.305 e. The summed E-state index contributed by atoms with van der Waals surface area (Å²) in [6.45, 7) is 2.09. The number of esters is 1. The molecule has 0 spiro atoms. The number of carbonyl (C=O) groups excluding carboxylic acids is 2. The van der Waals surface area contributed by atoms with Gasteiger partial charge in [-0.05, 0) is 37.1 Å². The summed E-state index contributed by atoms with van der Waals surface area (Å²) in [7, 11) is 3.15. The maximum atomic E-state index is 11.9. The Morgan fingerprint density at radius 1 is 1.07 bits per heavy atom. The average molecular weight is 368 g/mol. The quantitative estimate of drug-likeness (QED) is 0.494. The van der Waals surface area contributed by atoms with Gasteiger partial charge >= 0.3 is 5.97 Å². The van der Waals surface area contributed by atoms with Gasteiger partial charge in [0.25, 0.3) is 0 Å². The van der Waals surface area contributed by atoms with Gasteiger partial charge in [0.05, 0.1) is 26.4 Å². The lowest BCUT2D eigenvalue weighted by atomic mass is 9.83. The molecule has 0 fully saturated rings. The lowest BCUT2D eigenvalue weighted by Gasteiger charge is -2.21. The minimum Gasteiger partial charge on any atom is -0.497 e. The van der Waals surface area contributed by atoms with Crippen LogP contribution >= 0.6 is 0 Å². The van der Waals surface area contributed by atoms with Crippen LogP contribution in [-0.2, 0) is 14.3 Å². The van der Waals surface area contributed by atoms with Crippen molar-refractivity contribution in [3.05, 3.63) is 59.7 Å². The highest BCUT2D eigenvalue weighted by Gasteiger charge is 2.24.